The summed E-state index contributed by atoms with van der Waals surface area (Å²) in [5.74, 6) is -0.574. The van der Waals surface area contributed by atoms with Crippen LogP contribution in [0.4, 0.5) is 0 Å². The van der Waals surface area contributed by atoms with Gasteiger partial charge in [-0.05, 0) is 48.7 Å². The molecule has 43 heavy (non-hydrogen) atoms. The third-order valence-electron chi connectivity index (χ3n) is 7.10. The SMILES string of the molecule is COc1cc(COc2ccc(-c3cc(C4CCN(C(=O)CCNC(=O)CN=CN)CC4)[nH]n3)c(Cl)c2Cl)ccc1C(=O)O. The second kappa shape index (κ2) is 14.7. The van der Waals surface area contributed by atoms with Crippen molar-refractivity contribution in [1.82, 2.24) is 20.4 Å². The number of carboxylic acid groups (broad SMARTS) is 1. The lowest BCUT2D eigenvalue weighted by molar-refractivity contribution is -0.132. The average molecular weight is 632 g/mol. The first-order valence-electron chi connectivity index (χ1n) is 13.5. The third kappa shape index (κ3) is 7.96. The number of piperidine rings is 1. The molecule has 12 nitrogen and oxygen atoms in total. The molecule has 2 heterocycles. The number of halogens is 2. The van der Waals surface area contributed by atoms with Crippen molar-refractivity contribution in [2.75, 3.05) is 33.3 Å². The summed E-state index contributed by atoms with van der Waals surface area (Å²) < 4.78 is 11.0. The zero-order valence-electron chi connectivity index (χ0n) is 23.4. The Morgan fingerprint density at radius 3 is 2.63 bits per heavy atom. The van der Waals surface area contributed by atoms with Crippen LogP contribution in [0, 0.1) is 0 Å². The number of aromatic carboxylic acids is 1. The lowest BCUT2D eigenvalue weighted by Crippen LogP contribution is -2.39. The number of aromatic nitrogens is 2. The molecule has 228 valence electrons. The van der Waals surface area contributed by atoms with E-state index in [0.29, 0.717) is 40.7 Å². The molecule has 2 amide bonds. The molecule has 0 saturated carbocycles. The molecule has 0 aliphatic carbocycles. The number of aromatic amines is 1. The average Bonchev–Trinajstić information content (AvgIpc) is 3.50. The molecule has 5 N–H and O–H groups in total. The predicted octanol–water partition coefficient (Wildman–Crippen LogP) is 3.87. The monoisotopic (exact) mass is 630 g/mol. The number of benzene rings is 2. The fourth-order valence-electron chi connectivity index (χ4n) is 4.79. The van der Waals surface area contributed by atoms with Crippen LogP contribution in [0.3, 0.4) is 0 Å². The molecule has 2 aromatic carbocycles. The maximum absolute atomic E-state index is 12.6. The van der Waals surface area contributed by atoms with Crippen molar-refractivity contribution >= 4 is 47.3 Å². The second-order valence-electron chi connectivity index (χ2n) is 9.82. The van der Waals surface area contributed by atoms with Gasteiger partial charge in [0.05, 0.1) is 24.2 Å². The Morgan fingerprint density at radius 1 is 1.16 bits per heavy atom. The Hall–Kier alpha value is -4.29. The predicted molar refractivity (Wildman–Crippen MR) is 162 cm³/mol. The minimum atomic E-state index is -1.08. The first kappa shape index (κ1) is 31.6. The summed E-state index contributed by atoms with van der Waals surface area (Å²) in [5.41, 5.74) is 8.10. The van der Waals surface area contributed by atoms with Crippen LogP contribution in [-0.4, -0.2) is 77.6 Å². The van der Waals surface area contributed by atoms with Crippen LogP contribution in [0.1, 0.15) is 46.8 Å². The van der Waals surface area contributed by atoms with Gasteiger partial charge in [0, 0.05) is 43.2 Å². The lowest BCUT2D eigenvalue weighted by atomic mass is 9.93. The van der Waals surface area contributed by atoms with Crippen molar-refractivity contribution in [2.24, 2.45) is 10.7 Å². The van der Waals surface area contributed by atoms with E-state index in [9.17, 15) is 19.5 Å². The summed E-state index contributed by atoms with van der Waals surface area (Å²) in [6.07, 6.45) is 2.83. The van der Waals surface area contributed by atoms with Gasteiger partial charge >= 0.3 is 5.97 Å². The van der Waals surface area contributed by atoms with Crippen LogP contribution in [-0.2, 0) is 16.2 Å². The molecule has 14 heteroatoms. The highest BCUT2D eigenvalue weighted by molar-refractivity contribution is 6.44. The Labute approximate surface area is 258 Å². The van der Waals surface area contributed by atoms with E-state index in [1.807, 2.05) is 11.0 Å². The second-order valence-corrected chi connectivity index (χ2v) is 10.6. The molecule has 0 bridgehead atoms. The van der Waals surface area contributed by atoms with Crippen LogP contribution in [0.15, 0.2) is 41.4 Å². The van der Waals surface area contributed by atoms with E-state index >= 15 is 0 Å². The van der Waals surface area contributed by atoms with Crippen molar-refractivity contribution in [2.45, 2.75) is 31.8 Å². The van der Waals surface area contributed by atoms with Gasteiger partial charge in [-0.25, -0.2) is 4.79 Å². The Bertz CT molecular complexity index is 1500. The number of carboxylic acids is 1. The summed E-state index contributed by atoms with van der Waals surface area (Å²) in [6.45, 7) is 1.53. The molecule has 0 unspecified atom stereocenters. The molecule has 1 aliphatic rings. The van der Waals surface area contributed by atoms with E-state index in [2.05, 4.69) is 20.5 Å². The maximum Gasteiger partial charge on any atom is 0.339 e. The van der Waals surface area contributed by atoms with Crippen molar-refractivity contribution in [1.29, 1.82) is 0 Å². The topological polar surface area (TPSA) is 172 Å². The van der Waals surface area contributed by atoms with Crippen molar-refractivity contribution in [3.63, 3.8) is 0 Å². The molecule has 3 aromatic rings. The number of rotatable bonds is 12. The Morgan fingerprint density at radius 2 is 1.93 bits per heavy atom. The van der Waals surface area contributed by atoms with Gasteiger partial charge in [0.2, 0.25) is 11.8 Å². The van der Waals surface area contributed by atoms with E-state index in [1.165, 1.54) is 13.2 Å². The van der Waals surface area contributed by atoms with E-state index < -0.39 is 5.97 Å². The summed E-state index contributed by atoms with van der Waals surface area (Å²) >= 11 is 13.2. The highest BCUT2D eigenvalue weighted by Crippen LogP contribution is 2.40. The quantitative estimate of drug-likeness (QED) is 0.172. The molecule has 4 rings (SSSR count). The lowest BCUT2D eigenvalue weighted by Gasteiger charge is -2.31. The molecule has 1 aliphatic heterocycles. The summed E-state index contributed by atoms with van der Waals surface area (Å²) in [4.78, 5) is 40.9. The molecular formula is C29H32Cl2N6O6. The summed E-state index contributed by atoms with van der Waals surface area (Å²) in [5, 5.41) is 20.0. The first-order valence-corrected chi connectivity index (χ1v) is 14.3. The highest BCUT2D eigenvalue weighted by atomic mass is 35.5. The molecule has 0 spiro atoms. The first-order chi connectivity index (χ1) is 20.7. The number of nitrogens with zero attached hydrogens (tertiary/aromatic N) is 3. The maximum atomic E-state index is 12.6. The number of methoxy groups -OCH3 is 1. The Kier molecular flexibility index (Phi) is 10.8. The van der Waals surface area contributed by atoms with Crippen LogP contribution in [0.25, 0.3) is 11.3 Å². The fraction of sp³-hybridized carbons (Fsp3) is 0.345. The van der Waals surface area contributed by atoms with Crippen LogP contribution in [0.5, 0.6) is 11.5 Å². The van der Waals surface area contributed by atoms with Gasteiger partial charge in [-0.3, -0.25) is 19.7 Å². The van der Waals surface area contributed by atoms with Gasteiger partial charge in [-0.2, -0.15) is 5.10 Å². The largest absolute Gasteiger partial charge is 0.496 e. The van der Waals surface area contributed by atoms with Gasteiger partial charge in [0.25, 0.3) is 0 Å². The molecule has 0 radical (unpaired) electrons. The number of aliphatic imine (C=N–C) groups is 1. The third-order valence-corrected chi connectivity index (χ3v) is 7.96. The molecule has 1 fully saturated rings. The van der Waals surface area contributed by atoms with E-state index in [1.54, 1.807) is 24.3 Å². The zero-order valence-corrected chi connectivity index (χ0v) is 25.0. The number of hydrogen-bond donors (Lipinski definition) is 4. The van der Waals surface area contributed by atoms with E-state index in [-0.39, 0.29) is 60.2 Å². The molecular weight excluding hydrogens is 599 g/mol. The number of ether oxygens (including phenoxy) is 2. The number of nitrogens with two attached hydrogens (primary N) is 1. The standard InChI is InChI=1S/C29H32Cl2N6O6/c1-42-24-12-17(2-3-20(24)29(40)41)15-43-23-5-4-19(27(30)28(23)31)22-13-21(35-36-22)18-7-10-37(11-8-18)26(39)6-9-34-25(38)14-33-16-32/h2-5,12-13,16,18H,6-11,14-15H2,1H3,(H2,32,33)(H,34,38)(H,35,36)(H,40,41). The summed E-state index contributed by atoms with van der Waals surface area (Å²) in [7, 11) is 1.40. The van der Waals surface area contributed by atoms with Crippen LogP contribution >= 0.6 is 23.2 Å². The van der Waals surface area contributed by atoms with Gasteiger partial charge < -0.3 is 30.5 Å². The fourth-order valence-corrected chi connectivity index (χ4v) is 5.26. The Balaban J connectivity index is 1.32. The normalized spacial score (nSPS) is 13.7. The van der Waals surface area contributed by atoms with Gasteiger partial charge in [-0.15, -0.1) is 0 Å². The van der Waals surface area contributed by atoms with Crippen LogP contribution in [0.2, 0.25) is 10.0 Å². The number of likely N-dealkylation sites (tertiary alicyclic amines) is 1. The minimum Gasteiger partial charge on any atom is -0.496 e. The molecule has 1 saturated heterocycles. The summed E-state index contributed by atoms with van der Waals surface area (Å²) in [6, 6.07) is 10.1. The van der Waals surface area contributed by atoms with Crippen molar-refractivity contribution in [3.05, 3.63) is 63.3 Å². The van der Waals surface area contributed by atoms with Gasteiger partial charge in [0.15, 0.2) is 0 Å². The number of H-pyrrole nitrogens is 1. The van der Waals surface area contributed by atoms with Crippen molar-refractivity contribution in [3.8, 4) is 22.8 Å². The smallest absolute Gasteiger partial charge is 0.339 e. The van der Waals surface area contributed by atoms with Crippen molar-refractivity contribution < 1.29 is 29.0 Å². The number of carbonyl (C=O) groups is 3. The van der Waals surface area contributed by atoms with Gasteiger partial charge in [-0.1, -0.05) is 29.3 Å². The van der Waals surface area contributed by atoms with E-state index in [0.717, 1.165) is 24.9 Å². The van der Waals surface area contributed by atoms with Gasteiger partial charge in [0.1, 0.15) is 35.2 Å². The van der Waals surface area contributed by atoms with E-state index in [4.69, 9.17) is 38.4 Å². The number of amides is 2. The highest BCUT2D eigenvalue weighted by Gasteiger charge is 2.26. The number of hydrogen-bond acceptors (Lipinski definition) is 7. The molecule has 1 aromatic heterocycles. The number of carbonyl (C=O) groups excluding carboxylic acids is 2. The molecule has 0 atom stereocenters. The van der Waals surface area contributed by atoms with Crippen LogP contribution < -0.4 is 20.5 Å². The minimum absolute atomic E-state index is 0.00785. The zero-order chi connectivity index (χ0) is 30.9. The number of nitrogens with one attached hydrogen (secondary N) is 2.